The molecule has 1 atom stereocenters. The van der Waals surface area contributed by atoms with E-state index in [2.05, 4.69) is 34.1 Å². The lowest BCUT2D eigenvalue weighted by Gasteiger charge is -2.15. The van der Waals surface area contributed by atoms with Gasteiger partial charge in [-0.15, -0.1) is 0 Å². The van der Waals surface area contributed by atoms with Crippen LogP contribution in [0.15, 0.2) is 35.6 Å². The Balaban J connectivity index is 1.77. The number of fused-ring (bicyclic) bond motifs is 1. The molecule has 0 aromatic carbocycles. The molecule has 128 valence electrons. The van der Waals surface area contributed by atoms with Gasteiger partial charge in [-0.2, -0.15) is 0 Å². The first-order chi connectivity index (χ1) is 12.1. The van der Waals surface area contributed by atoms with Crippen molar-refractivity contribution in [3.8, 4) is 0 Å². The molecule has 6 heteroatoms. The van der Waals surface area contributed by atoms with Crippen LogP contribution in [-0.4, -0.2) is 34.2 Å². The normalized spacial score (nSPS) is 19.2. The van der Waals surface area contributed by atoms with Crippen molar-refractivity contribution in [2.75, 3.05) is 11.9 Å². The van der Waals surface area contributed by atoms with Gasteiger partial charge in [0.05, 0.1) is 17.4 Å². The third-order valence-corrected chi connectivity index (χ3v) is 4.42. The zero-order valence-electron chi connectivity index (χ0n) is 14.4. The molecule has 4 rings (SSSR count). The third kappa shape index (κ3) is 2.93. The maximum absolute atomic E-state index is 8.21. The van der Waals surface area contributed by atoms with Crippen LogP contribution in [0.1, 0.15) is 55.2 Å². The van der Waals surface area contributed by atoms with Crippen LogP contribution < -0.4 is 5.32 Å². The van der Waals surface area contributed by atoms with E-state index in [0.29, 0.717) is 5.71 Å². The summed E-state index contributed by atoms with van der Waals surface area (Å²) < 4.78 is 5.79. The molecular weight excluding hydrogens is 314 g/mol. The van der Waals surface area contributed by atoms with Crippen molar-refractivity contribution < 1.29 is 4.74 Å². The highest BCUT2D eigenvalue weighted by Crippen LogP contribution is 2.31. The van der Waals surface area contributed by atoms with E-state index in [1.807, 2.05) is 18.2 Å². The molecule has 4 heterocycles. The number of aromatic nitrogens is 2. The van der Waals surface area contributed by atoms with Crippen LogP contribution in [0, 0.1) is 5.41 Å². The van der Waals surface area contributed by atoms with Crippen LogP contribution >= 0.6 is 0 Å². The number of nitrogens with zero attached hydrogens (tertiary/aromatic N) is 3. The van der Waals surface area contributed by atoms with E-state index >= 15 is 0 Å². The first-order valence-corrected chi connectivity index (χ1v) is 8.65. The number of rotatable bonds is 4. The number of pyridine rings is 2. The van der Waals surface area contributed by atoms with Crippen molar-refractivity contribution >= 4 is 17.4 Å². The summed E-state index contributed by atoms with van der Waals surface area (Å²) >= 11 is 0. The van der Waals surface area contributed by atoms with Gasteiger partial charge in [0.2, 0.25) is 0 Å². The lowest BCUT2D eigenvalue weighted by molar-refractivity contribution is 0.112. The topological polar surface area (TPSA) is 83.2 Å². The minimum absolute atomic E-state index is 0.129. The molecule has 0 spiro atoms. The Morgan fingerprint density at radius 2 is 2.08 bits per heavy atom. The van der Waals surface area contributed by atoms with Crippen molar-refractivity contribution in [1.29, 1.82) is 5.41 Å². The largest absolute Gasteiger partial charge is 0.374 e. The van der Waals surface area contributed by atoms with Gasteiger partial charge in [0.15, 0.2) is 5.84 Å². The SMILES string of the molecule is CC(C)Nc1nccc2c1C(c1cc(C3CCCO3)ccn1)=NC2=N. The highest BCUT2D eigenvalue weighted by atomic mass is 16.5. The lowest BCUT2D eigenvalue weighted by atomic mass is 10.0. The van der Waals surface area contributed by atoms with Crippen LogP contribution in [-0.2, 0) is 4.74 Å². The number of nitrogens with one attached hydrogen (secondary N) is 2. The zero-order valence-corrected chi connectivity index (χ0v) is 14.4. The van der Waals surface area contributed by atoms with Gasteiger partial charge in [0, 0.05) is 30.6 Å². The van der Waals surface area contributed by atoms with Gasteiger partial charge in [-0.25, -0.2) is 9.98 Å². The van der Waals surface area contributed by atoms with Crippen LogP contribution in [0.3, 0.4) is 0 Å². The van der Waals surface area contributed by atoms with Crippen LogP contribution in [0.25, 0.3) is 0 Å². The maximum atomic E-state index is 8.21. The fourth-order valence-electron chi connectivity index (χ4n) is 3.31. The molecule has 0 radical (unpaired) electrons. The number of aliphatic imine (C=N–C) groups is 1. The molecule has 0 bridgehead atoms. The minimum Gasteiger partial charge on any atom is -0.374 e. The summed E-state index contributed by atoms with van der Waals surface area (Å²) in [6.07, 6.45) is 5.76. The summed E-state index contributed by atoms with van der Waals surface area (Å²) in [4.78, 5) is 13.4. The van der Waals surface area contributed by atoms with Gasteiger partial charge in [0.1, 0.15) is 11.5 Å². The number of amidine groups is 1. The summed E-state index contributed by atoms with van der Waals surface area (Å²) in [6, 6.07) is 6.10. The number of hydrogen-bond acceptors (Lipinski definition) is 5. The zero-order chi connectivity index (χ0) is 17.4. The lowest BCUT2D eigenvalue weighted by Crippen LogP contribution is -2.16. The van der Waals surface area contributed by atoms with Gasteiger partial charge in [-0.05, 0) is 50.5 Å². The van der Waals surface area contributed by atoms with E-state index in [-0.39, 0.29) is 18.0 Å². The van der Waals surface area contributed by atoms with Crippen molar-refractivity contribution in [3.63, 3.8) is 0 Å². The smallest absolute Gasteiger partial charge is 0.153 e. The second kappa shape index (κ2) is 6.37. The van der Waals surface area contributed by atoms with E-state index in [0.717, 1.165) is 47.7 Å². The molecule has 0 amide bonds. The van der Waals surface area contributed by atoms with Gasteiger partial charge in [-0.1, -0.05) is 0 Å². The maximum Gasteiger partial charge on any atom is 0.153 e. The molecule has 1 unspecified atom stereocenters. The van der Waals surface area contributed by atoms with Crippen LogP contribution in [0.4, 0.5) is 5.82 Å². The van der Waals surface area contributed by atoms with Gasteiger partial charge in [-0.3, -0.25) is 10.4 Å². The second-order valence-corrected chi connectivity index (χ2v) is 6.67. The Morgan fingerprint density at radius 1 is 1.24 bits per heavy atom. The Bertz CT molecular complexity index is 853. The molecule has 2 aromatic rings. The standard InChI is InChI=1S/C19H21N5O/c1-11(2)23-19-16-13(6-8-22-19)18(20)24-17(16)14-10-12(5-7-21-14)15-4-3-9-25-15/h5-8,10-11,15,20H,3-4,9H2,1-2H3,(H,22,23). The van der Waals surface area contributed by atoms with Crippen LogP contribution in [0.5, 0.6) is 0 Å². The van der Waals surface area contributed by atoms with E-state index < -0.39 is 0 Å². The average molecular weight is 335 g/mol. The number of ether oxygens (including phenoxy) is 1. The van der Waals surface area contributed by atoms with Gasteiger partial charge >= 0.3 is 0 Å². The Hall–Kier alpha value is -2.60. The predicted molar refractivity (Wildman–Crippen MR) is 97.6 cm³/mol. The van der Waals surface area contributed by atoms with E-state index in [1.54, 1.807) is 12.4 Å². The van der Waals surface area contributed by atoms with Crippen molar-refractivity contribution in [1.82, 2.24) is 9.97 Å². The van der Waals surface area contributed by atoms with E-state index in [1.165, 1.54) is 0 Å². The number of hydrogen-bond donors (Lipinski definition) is 2. The molecule has 0 saturated carbocycles. The molecule has 2 aliphatic heterocycles. The third-order valence-electron chi connectivity index (χ3n) is 4.42. The van der Waals surface area contributed by atoms with Crippen molar-refractivity contribution in [2.45, 2.75) is 38.8 Å². The average Bonchev–Trinajstić information content (AvgIpc) is 3.24. The molecule has 2 aromatic heterocycles. The predicted octanol–water partition coefficient (Wildman–Crippen LogP) is 3.32. The highest BCUT2D eigenvalue weighted by Gasteiger charge is 2.28. The summed E-state index contributed by atoms with van der Waals surface area (Å²) in [5.41, 5.74) is 4.23. The summed E-state index contributed by atoms with van der Waals surface area (Å²) in [5, 5.41) is 11.6. The van der Waals surface area contributed by atoms with E-state index in [9.17, 15) is 0 Å². The first kappa shape index (κ1) is 15.9. The molecule has 1 saturated heterocycles. The molecule has 2 N–H and O–H groups in total. The van der Waals surface area contributed by atoms with Gasteiger partial charge in [0.25, 0.3) is 0 Å². The Kier molecular flexibility index (Phi) is 4.05. The number of anilines is 1. The molecule has 1 fully saturated rings. The molecule has 2 aliphatic rings. The molecule has 25 heavy (non-hydrogen) atoms. The summed E-state index contributed by atoms with van der Waals surface area (Å²) in [6.45, 7) is 4.94. The fraction of sp³-hybridized carbons (Fsp3) is 0.368. The quantitative estimate of drug-likeness (QED) is 0.898. The molecular formula is C19H21N5O. The van der Waals surface area contributed by atoms with Crippen molar-refractivity contribution in [3.05, 3.63) is 53.0 Å². The Labute approximate surface area is 146 Å². The molecule has 0 aliphatic carbocycles. The van der Waals surface area contributed by atoms with Crippen LogP contribution in [0.2, 0.25) is 0 Å². The first-order valence-electron chi connectivity index (χ1n) is 8.65. The second-order valence-electron chi connectivity index (χ2n) is 6.67. The van der Waals surface area contributed by atoms with Gasteiger partial charge < -0.3 is 10.1 Å². The van der Waals surface area contributed by atoms with E-state index in [4.69, 9.17) is 10.1 Å². The molecule has 6 nitrogen and oxygen atoms in total. The minimum atomic E-state index is 0.129. The van der Waals surface area contributed by atoms with Crippen molar-refractivity contribution in [2.24, 2.45) is 4.99 Å². The fourth-order valence-corrected chi connectivity index (χ4v) is 3.31. The highest BCUT2D eigenvalue weighted by molar-refractivity contribution is 6.29. The summed E-state index contributed by atoms with van der Waals surface area (Å²) in [7, 11) is 0. The Morgan fingerprint density at radius 3 is 2.84 bits per heavy atom. The summed E-state index contributed by atoms with van der Waals surface area (Å²) in [5.74, 6) is 1.00. The monoisotopic (exact) mass is 335 g/mol.